The monoisotopic (exact) mass is 508 g/mol. The number of fused-ring (bicyclic) bond motifs is 2. The third kappa shape index (κ3) is 4.68. The van der Waals surface area contributed by atoms with Gasteiger partial charge >= 0.3 is 23.9 Å². The third-order valence-electron chi connectivity index (χ3n) is 7.84. The number of esters is 4. The summed E-state index contributed by atoms with van der Waals surface area (Å²) in [6.45, 7) is 10.0. The molecule has 10 nitrogen and oxygen atoms in total. The van der Waals surface area contributed by atoms with Crippen LogP contribution < -0.4 is 0 Å². The summed E-state index contributed by atoms with van der Waals surface area (Å²) in [7, 11) is 0. The zero-order valence-electron chi connectivity index (χ0n) is 21.8. The molecule has 2 N–H and O–H groups in total. The summed E-state index contributed by atoms with van der Waals surface area (Å²) in [5.41, 5.74) is -4.48. The molecule has 1 aliphatic heterocycles. The first-order chi connectivity index (χ1) is 16.5. The van der Waals surface area contributed by atoms with Gasteiger partial charge in [-0.1, -0.05) is 18.6 Å². The molecular weight excluding hydrogens is 472 g/mol. The topological polar surface area (TPSA) is 146 Å². The highest BCUT2D eigenvalue weighted by Gasteiger charge is 2.69. The number of ether oxygens (including phenoxy) is 4. The number of aliphatic hydroxyl groups is 2. The molecule has 200 valence electrons. The van der Waals surface area contributed by atoms with E-state index in [0.717, 1.165) is 12.5 Å². The molecule has 9 unspecified atom stereocenters. The SMILES string of the molecule is CC(=O)OC1C=CC2(C)C(OC(C)=O)CCC(C)=CC3OC(=O)C(C)C3(O)C(OC(C)=O)C2C1(C)O. The average Bonchev–Trinajstić information content (AvgIpc) is 2.95. The van der Waals surface area contributed by atoms with Crippen molar-refractivity contribution in [2.24, 2.45) is 17.3 Å². The van der Waals surface area contributed by atoms with E-state index >= 15 is 0 Å². The van der Waals surface area contributed by atoms with E-state index in [1.165, 1.54) is 33.8 Å². The van der Waals surface area contributed by atoms with Crippen molar-refractivity contribution in [1.82, 2.24) is 0 Å². The van der Waals surface area contributed by atoms with Crippen LogP contribution >= 0.6 is 0 Å². The summed E-state index contributed by atoms with van der Waals surface area (Å²) in [6.07, 6.45) is 0.828. The predicted octanol–water partition coefficient (Wildman–Crippen LogP) is 1.76. The standard InChI is InChI=1S/C26H36O10/c1-13-8-9-18(33-15(3)27)24(6)11-10-19(34-16(4)28)25(7,31)21(24)22(35-17(5)29)26(32)14(2)23(30)36-20(26)12-13/h10-12,14,18-22,31-32H,8-9H2,1-7H3. The summed E-state index contributed by atoms with van der Waals surface area (Å²) in [6, 6.07) is 0. The fraction of sp³-hybridized carbons (Fsp3) is 0.692. The summed E-state index contributed by atoms with van der Waals surface area (Å²) in [4.78, 5) is 49.2. The maximum Gasteiger partial charge on any atom is 0.312 e. The van der Waals surface area contributed by atoms with Crippen LogP contribution in [0.25, 0.3) is 0 Å². The molecule has 0 amide bonds. The first kappa shape index (κ1) is 27.9. The quantitative estimate of drug-likeness (QED) is 0.328. The van der Waals surface area contributed by atoms with E-state index in [1.807, 2.05) is 0 Å². The van der Waals surface area contributed by atoms with E-state index in [2.05, 4.69) is 0 Å². The van der Waals surface area contributed by atoms with Crippen molar-refractivity contribution < 1.29 is 48.3 Å². The minimum absolute atomic E-state index is 0.328. The van der Waals surface area contributed by atoms with E-state index in [1.54, 1.807) is 26.0 Å². The Hall–Kier alpha value is -2.72. The number of hydrogen-bond acceptors (Lipinski definition) is 10. The van der Waals surface area contributed by atoms with Crippen LogP contribution in [0.15, 0.2) is 23.8 Å². The Labute approximate surface area is 210 Å². The second kappa shape index (κ2) is 9.63. The van der Waals surface area contributed by atoms with Crippen molar-refractivity contribution in [1.29, 1.82) is 0 Å². The lowest BCUT2D eigenvalue weighted by molar-refractivity contribution is -0.242. The molecule has 1 heterocycles. The van der Waals surface area contributed by atoms with Crippen LogP contribution in [0.4, 0.5) is 0 Å². The van der Waals surface area contributed by atoms with Gasteiger partial charge in [0.25, 0.3) is 0 Å². The van der Waals surface area contributed by atoms with Gasteiger partial charge < -0.3 is 29.2 Å². The fourth-order valence-corrected chi connectivity index (χ4v) is 6.02. The first-order valence-corrected chi connectivity index (χ1v) is 12.1. The van der Waals surface area contributed by atoms with Crippen LogP contribution in [0.1, 0.15) is 61.3 Å². The normalized spacial score (nSPS) is 42.2. The molecule has 0 spiro atoms. The Balaban J connectivity index is 2.36. The van der Waals surface area contributed by atoms with Crippen LogP contribution in [0.3, 0.4) is 0 Å². The molecule has 9 atom stereocenters. The molecule has 0 aromatic heterocycles. The van der Waals surface area contributed by atoms with Crippen LogP contribution in [-0.2, 0) is 38.1 Å². The third-order valence-corrected chi connectivity index (χ3v) is 7.84. The van der Waals surface area contributed by atoms with Gasteiger partial charge in [-0.2, -0.15) is 0 Å². The molecule has 3 rings (SSSR count). The van der Waals surface area contributed by atoms with Gasteiger partial charge in [-0.25, -0.2) is 0 Å². The van der Waals surface area contributed by atoms with Gasteiger partial charge in [0.2, 0.25) is 0 Å². The molecule has 1 saturated heterocycles. The number of allylic oxidation sites excluding steroid dienone is 1. The Morgan fingerprint density at radius 2 is 1.61 bits per heavy atom. The van der Waals surface area contributed by atoms with Crippen molar-refractivity contribution in [3.8, 4) is 0 Å². The van der Waals surface area contributed by atoms with Gasteiger partial charge in [-0.15, -0.1) is 0 Å². The predicted molar refractivity (Wildman–Crippen MR) is 125 cm³/mol. The zero-order valence-corrected chi connectivity index (χ0v) is 21.8. The lowest BCUT2D eigenvalue weighted by Crippen LogP contribution is -2.69. The van der Waals surface area contributed by atoms with Crippen LogP contribution in [0.5, 0.6) is 0 Å². The Morgan fingerprint density at radius 3 is 2.17 bits per heavy atom. The van der Waals surface area contributed by atoms with Gasteiger partial charge in [-0.3, -0.25) is 19.2 Å². The summed E-state index contributed by atoms with van der Waals surface area (Å²) in [5.74, 6) is -5.01. The van der Waals surface area contributed by atoms with E-state index in [-0.39, 0.29) is 0 Å². The van der Waals surface area contributed by atoms with Gasteiger partial charge in [0.1, 0.15) is 23.9 Å². The minimum atomic E-state index is -2.09. The van der Waals surface area contributed by atoms with Crippen molar-refractivity contribution in [2.45, 2.75) is 96.9 Å². The molecule has 36 heavy (non-hydrogen) atoms. The van der Waals surface area contributed by atoms with Gasteiger partial charge in [0.05, 0.1) is 5.92 Å². The van der Waals surface area contributed by atoms with Crippen molar-refractivity contribution in [3.63, 3.8) is 0 Å². The largest absolute Gasteiger partial charge is 0.462 e. The lowest BCUT2D eigenvalue weighted by atomic mass is 9.54. The van der Waals surface area contributed by atoms with E-state index in [0.29, 0.717) is 12.8 Å². The Morgan fingerprint density at radius 1 is 1.03 bits per heavy atom. The molecule has 0 aromatic rings. The average molecular weight is 509 g/mol. The van der Waals surface area contributed by atoms with E-state index in [4.69, 9.17) is 18.9 Å². The van der Waals surface area contributed by atoms with Crippen molar-refractivity contribution >= 4 is 23.9 Å². The molecule has 0 saturated carbocycles. The molecule has 3 aliphatic rings. The number of hydrogen-bond donors (Lipinski definition) is 2. The van der Waals surface area contributed by atoms with E-state index < -0.39 is 76.7 Å². The number of rotatable bonds is 3. The van der Waals surface area contributed by atoms with Crippen LogP contribution in [0, 0.1) is 17.3 Å². The molecule has 0 aromatic carbocycles. The number of carbonyl (C=O) groups excluding carboxylic acids is 4. The Kier molecular flexibility index (Phi) is 7.45. The van der Waals surface area contributed by atoms with Crippen LogP contribution in [-0.4, -0.2) is 69.7 Å². The molecular formula is C26H36O10. The van der Waals surface area contributed by atoms with E-state index in [9.17, 15) is 29.4 Å². The second-order valence-electron chi connectivity index (χ2n) is 10.6. The fourth-order valence-electron chi connectivity index (χ4n) is 6.02. The smallest absolute Gasteiger partial charge is 0.312 e. The van der Waals surface area contributed by atoms with Crippen molar-refractivity contribution in [2.75, 3.05) is 0 Å². The number of carbonyl (C=O) groups is 4. The highest BCUT2D eigenvalue weighted by molar-refractivity contribution is 5.77. The van der Waals surface area contributed by atoms with Gasteiger partial charge in [0.15, 0.2) is 11.7 Å². The lowest BCUT2D eigenvalue weighted by Gasteiger charge is -2.56. The molecule has 0 radical (unpaired) electrons. The first-order valence-electron chi connectivity index (χ1n) is 12.1. The Bertz CT molecular complexity index is 997. The maximum absolute atomic E-state index is 12.7. The minimum Gasteiger partial charge on any atom is -0.462 e. The summed E-state index contributed by atoms with van der Waals surface area (Å²) < 4.78 is 22.4. The second-order valence-corrected chi connectivity index (χ2v) is 10.6. The molecule has 1 fully saturated rings. The highest BCUT2D eigenvalue weighted by atomic mass is 16.6. The van der Waals surface area contributed by atoms with Gasteiger partial charge in [0, 0.05) is 32.1 Å². The zero-order chi connectivity index (χ0) is 27.2. The summed E-state index contributed by atoms with van der Waals surface area (Å²) >= 11 is 0. The highest BCUT2D eigenvalue weighted by Crippen LogP contribution is 2.55. The summed E-state index contributed by atoms with van der Waals surface area (Å²) in [5, 5.41) is 24.2. The van der Waals surface area contributed by atoms with Crippen molar-refractivity contribution in [3.05, 3.63) is 23.8 Å². The molecule has 2 aliphatic carbocycles. The molecule has 10 heteroatoms. The molecule has 0 bridgehead atoms. The maximum atomic E-state index is 12.7. The van der Waals surface area contributed by atoms with Crippen LogP contribution in [0.2, 0.25) is 0 Å². The van der Waals surface area contributed by atoms with Gasteiger partial charge in [-0.05, 0) is 45.8 Å².